The molecule has 12 N–H and O–H groups in total. The minimum atomic E-state index is -1.98. The molecule has 17 unspecified atom stereocenters. The summed E-state index contributed by atoms with van der Waals surface area (Å²) in [6.07, 6.45) is 72.6. The van der Waals surface area contributed by atoms with Gasteiger partial charge in [-0.15, -0.1) is 0 Å². The molecule has 0 aliphatic carbocycles. The topological polar surface area (TPSA) is 307 Å². The van der Waals surface area contributed by atoms with Crippen molar-refractivity contribution in [3.63, 3.8) is 0 Å². The highest BCUT2D eigenvalue weighted by Crippen LogP contribution is 2.34. The van der Waals surface area contributed by atoms with Crippen molar-refractivity contribution in [3.05, 3.63) is 97.2 Å². The Morgan fingerprint density at radius 3 is 0.964 bits per heavy atom. The van der Waals surface area contributed by atoms with Gasteiger partial charge in [-0.25, -0.2) is 0 Å². The predicted octanol–water partition coefficient (Wildman–Crippen LogP) is 17.5. The second-order valence-corrected chi connectivity index (χ2v) is 32.0. The number of rotatable bonds is 73. The largest absolute Gasteiger partial charge is 0.394 e. The Hall–Kier alpha value is -3.29. The van der Waals surface area contributed by atoms with Gasteiger partial charge in [0, 0.05) is 6.42 Å². The smallest absolute Gasteiger partial charge is 0.220 e. The number of carbonyl (C=O) groups is 1. The monoisotopic (exact) mass is 1580 g/mol. The van der Waals surface area contributed by atoms with Crippen LogP contribution in [0, 0.1) is 0 Å². The molecule has 3 aliphatic rings. The normalized spacial score (nSPS) is 25.4. The van der Waals surface area contributed by atoms with Gasteiger partial charge in [-0.1, -0.05) is 368 Å². The fourth-order valence-electron chi connectivity index (χ4n) is 14.9. The van der Waals surface area contributed by atoms with Crippen LogP contribution < -0.4 is 5.32 Å². The van der Waals surface area contributed by atoms with E-state index in [-0.39, 0.29) is 18.9 Å². The van der Waals surface area contributed by atoms with Gasteiger partial charge in [-0.3, -0.25) is 4.79 Å². The summed E-state index contributed by atoms with van der Waals surface area (Å²) in [7, 11) is 0. The van der Waals surface area contributed by atoms with Crippen molar-refractivity contribution in [2.24, 2.45) is 0 Å². The number of unbranched alkanes of at least 4 members (excludes halogenated alkanes) is 43. The summed E-state index contributed by atoms with van der Waals surface area (Å²) in [6, 6.07) is -0.980. The van der Waals surface area contributed by atoms with Crippen LogP contribution in [0.5, 0.6) is 0 Å². The highest BCUT2D eigenvalue weighted by molar-refractivity contribution is 5.76. The fourth-order valence-corrected chi connectivity index (χ4v) is 14.9. The first-order valence-corrected chi connectivity index (χ1v) is 45.5. The SMILES string of the molecule is CC/C=C\C/C=C\C/C=C\C/C=C\C/C=C\C/C=C\C/C=C\CCCCCCCCCCCCCCCCCC(=O)NC(COC1OC(CO)C(OC2OC(CO)C(OC3OC(CO)C(O)C(O)C3O)C(O)C2O)C(O)C1O)C(O)/C=C/CCCCCCCCCCCCCCCCCCCCCCCCCCCCCC. The third kappa shape index (κ3) is 49.8. The average Bonchev–Trinajstić information content (AvgIpc) is 0.781. The van der Waals surface area contributed by atoms with Gasteiger partial charge in [0.15, 0.2) is 18.9 Å². The molecular formula is C93H165NO18. The summed E-state index contributed by atoms with van der Waals surface area (Å²) in [4.78, 5) is 13.5. The van der Waals surface area contributed by atoms with Gasteiger partial charge in [0.25, 0.3) is 0 Å². The molecule has 0 aromatic carbocycles. The molecule has 3 heterocycles. The van der Waals surface area contributed by atoms with Crippen LogP contribution in [0.25, 0.3) is 0 Å². The third-order valence-corrected chi connectivity index (χ3v) is 22.1. The van der Waals surface area contributed by atoms with E-state index in [9.17, 15) is 61.0 Å². The highest BCUT2D eigenvalue weighted by Gasteiger charge is 2.54. The summed E-state index contributed by atoms with van der Waals surface area (Å²) in [6.45, 7) is 1.67. The lowest BCUT2D eigenvalue weighted by atomic mass is 9.96. The molecule has 0 radical (unpaired) electrons. The molecule has 3 saturated heterocycles. The number of aliphatic hydroxyl groups is 11. The van der Waals surface area contributed by atoms with Crippen LogP contribution in [-0.4, -0.2) is 193 Å². The highest BCUT2D eigenvalue weighted by atomic mass is 16.8. The lowest BCUT2D eigenvalue weighted by Crippen LogP contribution is -2.66. The summed E-state index contributed by atoms with van der Waals surface area (Å²) >= 11 is 0. The molecule has 17 atom stereocenters. The molecule has 0 aromatic heterocycles. The third-order valence-electron chi connectivity index (χ3n) is 22.1. The molecule has 112 heavy (non-hydrogen) atoms. The van der Waals surface area contributed by atoms with E-state index in [2.05, 4.69) is 104 Å². The number of allylic oxidation sites excluding steroid dienone is 15. The summed E-state index contributed by atoms with van der Waals surface area (Å²) in [5.74, 6) is -0.274. The predicted molar refractivity (Wildman–Crippen MR) is 452 cm³/mol. The molecule has 3 rings (SSSR count). The van der Waals surface area contributed by atoms with Crippen molar-refractivity contribution in [2.75, 3.05) is 26.4 Å². The molecule has 1 amide bonds. The zero-order valence-corrected chi connectivity index (χ0v) is 70.1. The summed E-state index contributed by atoms with van der Waals surface area (Å²) in [5, 5.41) is 121. The minimum absolute atomic E-state index is 0.240. The van der Waals surface area contributed by atoms with Crippen LogP contribution in [0.1, 0.15) is 354 Å². The summed E-state index contributed by atoms with van der Waals surface area (Å²) < 4.78 is 34.5. The number of carbonyl (C=O) groups excluding carboxylic acids is 1. The molecule has 3 fully saturated rings. The van der Waals surface area contributed by atoms with E-state index < -0.39 is 124 Å². The maximum atomic E-state index is 13.5. The molecule has 0 bridgehead atoms. The van der Waals surface area contributed by atoms with Crippen LogP contribution in [0.3, 0.4) is 0 Å². The maximum Gasteiger partial charge on any atom is 0.220 e. The van der Waals surface area contributed by atoms with Crippen molar-refractivity contribution in [1.82, 2.24) is 5.32 Å². The van der Waals surface area contributed by atoms with Gasteiger partial charge < -0.3 is 89.9 Å². The Bertz CT molecular complexity index is 2400. The number of amides is 1. The van der Waals surface area contributed by atoms with Crippen LogP contribution >= 0.6 is 0 Å². The number of ether oxygens (including phenoxy) is 6. The van der Waals surface area contributed by atoms with E-state index in [1.807, 2.05) is 6.08 Å². The first-order valence-electron chi connectivity index (χ1n) is 45.5. The van der Waals surface area contributed by atoms with Crippen molar-refractivity contribution >= 4 is 5.91 Å². The quantitative estimate of drug-likeness (QED) is 0.0199. The lowest BCUT2D eigenvalue weighted by Gasteiger charge is -2.48. The van der Waals surface area contributed by atoms with E-state index in [0.29, 0.717) is 6.42 Å². The number of nitrogens with one attached hydrogen (secondary N) is 1. The Balaban J connectivity index is 1.33. The first-order chi connectivity index (χ1) is 54.8. The van der Waals surface area contributed by atoms with E-state index in [1.54, 1.807) is 6.08 Å². The molecular weight excluding hydrogens is 1420 g/mol. The molecule has 3 aliphatic heterocycles. The molecule has 0 spiro atoms. The van der Waals surface area contributed by atoms with Crippen molar-refractivity contribution in [1.29, 1.82) is 0 Å². The van der Waals surface area contributed by atoms with E-state index in [1.165, 1.54) is 231 Å². The summed E-state index contributed by atoms with van der Waals surface area (Å²) in [5.41, 5.74) is 0. The molecule has 650 valence electrons. The second-order valence-electron chi connectivity index (χ2n) is 32.0. The number of hydrogen-bond donors (Lipinski definition) is 12. The van der Waals surface area contributed by atoms with Gasteiger partial charge >= 0.3 is 0 Å². The van der Waals surface area contributed by atoms with Crippen LogP contribution in [0.15, 0.2) is 97.2 Å². The van der Waals surface area contributed by atoms with Crippen molar-refractivity contribution < 1.29 is 89.4 Å². The standard InChI is InChI=1S/C93H165NO18/c1-3-5-7-9-11-13-15-17-19-21-23-25-27-29-31-33-35-36-37-38-39-40-41-43-45-47-49-51-53-55-57-59-61-63-65-67-69-71-81(99)94-76(77(98)70-68-66-64-62-60-58-56-54-52-50-48-46-44-42-34-32-30-28-26-24-22-20-18-16-14-12-10-8-6-4-2)75-107-91-87(105)84(102)89(79(73-96)109-91)112-93-88(106)85(103)90(80(74-97)110-93)111-92-86(104)83(101)82(100)78(72-95)108-92/h5,7,11,13,17,19,23,25,29,31,35-36,38-39,68,70,76-80,82-93,95-98,100-106H,3-4,6,8-10,12,14-16,18,20-22,24,26-28,30,32-34,37,40-67,69,71-75H2,1-2H3,(H,94,99)/b7-5-,13-11-,19-17-,25-23-,31-29-,36-35-,39-38-,70-68+. The van der Waals surface area contributed by atoms with Gasteiger partial charge in [-0.2, -0.15) is 0 Å². The number of hydrogen-bond acceptors (Lipinski definition) is 18. The Kier molecular flexibility index (Phi) is 66.0. The van der Waals surface area contributed by atoms with Gasteiger partial charge in [0.1, 0.15) is 73.2 Å². The Labute approximate surface area is 679 Å². The van der Waals surface area contributed by atoms with Crippen LogP contribution in [0.2, 0.25) is 0 Å². The second kappa shape index (κ2) is 71.8. The Morgan fingerprint density at radius 1 is 0.330 bits per heavy atom. The zero-order chi connectivity index (χ0) is 81.0. The minimum Gasteiger partial charge on any atom is -0.394 e. The van der Waals surface area contributed by atoms with E-state index in [0.717, 1.165) is 96.3 Å². The van der Waals surface area contributed by atoms with Crippen LogP contribution in [0.4, 0.5) is 0 Å². The molecule has 0 saturated carbocycles. The first kappa shape index (κ1) is 103. The Morgan fingerprint density at radius 2 is 0.616 bits per heavy atom. The van der Waals surface area contributed by atoms with E-state index >= 15 is 0 Å². The van der Waals surface area contributed by atoms with Gasteiger partial charge in [0.05, 0.1) is 38.6 Å². The zero-order valence-electron chi connectivity index (χ0n) is 70.1. The van der Waals surface area contributed by atoms with E-state index in [4.69, 9.17) is 28.4 Å². The molecule has 0 aromatic rings. The van der Waals surface area contributed by atoms with Crippen molar-refractivity contribution in [3.8, 4) is 0 Å². The maximum absolute atomic E-state index is 13.5. The number of aliphatic hydroxyl groups excluding tert-OH is 11. The van der Waals surface area contributed by atoms with Gasteiger partial charge in [-0.05, 0) is 77.0 Å². The van der Waals surface area contributed by atoms with Crippen LogP contribution in [-0.2, 0) is 33.2 Å². The average molecular weight is 1590 g/mol. The lowest BCUT2D eigenvalue weighted by molar-refractivity contribution is -0.379. The van der Waals surface area contributed by atoms with Gasteiger partial charge in [0.2, 0.25) is 5.91 Å². The molecule has 19 heteroatoms. The fraction of sp³-hybridized carbons (Fsp3) is 0.817. The molecule has 19 nitrogen and oxygen atoms in total. The van der Waals surface area contributed by atoms with Crippen molar-refractivity contribution in [2.45, 2.75) is 458 Å².